The highest BCUT2D eigenvalue weighted by molar-refractivity contribution is 5.94. The molecule has 1 saturated heterocycles. The van der Waals surface area contributed by atoms with Crippen molar-refractivity contribution in [1.29, 1.82) is 0 Å². The molecule has 5 nitrogen and oxygen atoms in total. The van der Waals surface area contributed by atoms with Crippen LogP contribution in [-0.2, 0) is 18.3 Å². The number of phenolic OH excluding ortho intramolecular Hbond substituents is 1. The van der Waals surface area contributed by atoms with Gasteiger partial charge in [-0.15, -0.1) is 0 Å². The van der Waals surface area contributed by atoms with Crippen LogP contribution < -0.4 is 0 Å². The van der Waals surface area contributed by atoms with E-state index in [9.17, 15) is 9.90 Å². The molecule has 1 aliphatic carbocycles. The topological polar surface area (TPSA) is 59.6 Å². The lowest BCUT2D eigenvalue weighted by Crippen LogP contribution is -2.53. The van der Waals surface area contributed by atoms with Crippen molar-refractivity contribution < 1.29 is 9.90 Å². The summed E-state index contributed by atoms with van der Waals surface area (Å²) in [4.78, 5) is 21.3. The number of nitrogens with zero attached hydrogens (tertiary/aromatic N) is 2. The van der Waals surface area contributed by atoms with Crippen LogP contribution in [0.15, 0.2) is 24.3 Å². The summed E-state index contributed by atoms with van der Waals surface area (Å²) in [6, 6.07) is 7.90. The Morgan fingerprint density at radius 2 is 2.06 bits per heavy atom. The maximum Gasteiger partial charge on any atom is 0.270 e. The molecule has 1 aromatic carbocycles. The van der Waals surface area contributed by atoms with Crippen LogP contribution in [0.5, 0.6) is 5.75 Å². The summed E-state index contributed by atoms with van der Waals surface area (Å²) >= 11 is 0. The molecule has 2 N–H and O–H groups in total. The van der Waals surface area contributed by atoms with Gasteiger partial charge in [-0.25, -0.2) is 0 Å². The van der Waals surface area contributed by atoms with E-state index in [0.717, 1.165) is 63.2 Å². The lowest BCUT2D eigenvalue weighted by molar-refractivity contribution is 0.0765. The smallest absolute Gasteiger partial charge is 0.270 e. The highest BCUT2D eigenvalue weighted by atomic mass is 16.3. The van der Waals surface area contributed by atoms with Crippen molar-refractivity contribution in [2.45, 2.75) is 65.2 Å². The summed E-state index contributed by atoms with van der Waals surface area (Å²) in [5, 5.41) is 10.3. The molecule has 1 amide bonds. The Hall–Kier alpha value is -2.27. The number of aromatic hydroxyl groups is 1. The number of H-pyrrole nitrogens is 1. The monoisotopic (exact) mass is 437 g/mol. The number of carbonyl (C=O) groups excluding carboxylic acids is 1. The molecule has 2 heterocycles. The maximum absolute atomic E-state index is 13.2. The number of aromatic nitrogens is 1. The van der Waals surface area contributed by atoms with Gasteiger partial charge in [0.05, 0.1) is 0 Å². The maximum atomic E-state index is 13.2. The molecule has 2 atom stereocenters. The summed E-state index contributed by atoms with van der Waals surface area (Å²) in [5.74, 6) is 0.934. The summed E-state index contributed by atoms with van der Waals surface area (Å²) in [5.41, 5.74) is 5.71. The van der Waals surface area contributed by atoms with Gasteiger partial charge in [0.2, 0.25) is 0 Å². The number of hydrogen-bond acceptors (Lipinski definition) is 3. The number of hydrogen-bond donors (Lipinski definition) is 2. The molecular weight excluding hydrogens is 398 g/mol. The largest absolute Gasteiger partial charge is 0.508 e. The predicted octanol–water partition coefficient (Wildman–Crippen LogP) is 4.67. The van der Waals surface area contributed by atoms with Gasteiger partial charge in [0.25, 0.3) is 5.91 Å². The lowest BCUT2D eigenvalue weighted by atomic mass is 9.58. The van der Waals surface area contributed by atoms with Crippen molar-refractivity contribution in [3.05, 3.63) is 52.3 Å². The number of piperidine rings is 1. The first-order chi connectivity index (χ1) is 15.4. The SMILES string of the molecule is CCCCN1CC[C@@]2(c3cccc(O)c3)Cc3[nH]c(C(=O)N(CC)CC)c(C)c3C[C@@H]2C1. The minimum absolute atomic E-state index is 0.00126. The number of carbonyl (C=O) groups is 1. The number of unbranched alkanes of at least 4 members (excludes halogenated alkanes) is 1. The molecule has 5 heteroatoms. The van der Waals surface area contributed by atoms with Gasteiger partial charge in [-0.1, -0.05) is 25.5 Å². The molecule has 174 valence electrons. The third-order valence-corrected chi connectivity index (χ3v) is 8.06. The molecule has 1 aromatic heterocycles. The molecule has 4 rings (SSSR count). The van der Waals surface area contributed by atoms with Crippen molar-refractivity contribution >= 4 is 5.91 Å². The first-order valence-electron chi connectivity index (χ1n) is 12.4. The third-order valence-electron chi connectivity index (χ3n) is 8.06. The number of benzene rings is 1. The van der Waals surface area contributed by atoms with Gasteiger partial charge in [-0.05, 0) is 94.3 Å². The first kappa shape index (κ1) is 22.9. The second kappa shape index (κ2) is 9.30. The third kappa shape index (κ3) is 3.96. The van der Waals surface area contributed by atoms with E-state index < -0.39 is 0 Å². The van der Waals surface area contributed by atoms with Gasteiger partial charge in [0.1, 0.15) is 11.4 Å². The van der Waals surface area contributed by atoms with Crippen LogP contribution in [0.1, 0.15) is 72.9 Å². The van der Waals surface area contributed by atoms with Crippen LogP contribution in [0.2, 0.25) is 0 Å². The van der Waals surface area contributed by atoms with Gasteiger partial charge in [0, 0.05) is 30.7 Å². The molecular formula is C27H39N3O2. The first-order valence-corrected chi connectivity index (χ1v) is 12.4. The highest BCUT2D eigenvalue weighted by Crippen LogP contribution is 2.49. The minimum Gasteiger partial charge on any atom is -0.508 e. The number of aromatic amines is 1. The van der Waals surface area contributed by atoms with E-state index in [-0.39, 0.29) is 11.3 Å². The Morgan fingerprint density at radius 1 is 1.28 bits per heavy atom. The van der Waals surface area contributed by atoms with Crippen molar-refractivity contribution in [1.82, 2.24) is 14.8 Å². The summed E-state index contributed by atoms with van der Waals surface area (Å²) in [6.45, 7) is 13.2. The molecule has 0 radical (unpaired) electrons. The lowest BCUT2D eigenvalue weighted by Gasteiger charge is -2.51. The minimum atomic E-state index is 0.00126. The van der Waals surface area contributed by atoms with E-state index in [2.05, 4.69) is 29.8 Å². The predicted molar refractivity (Wildman–Crippen MR) is 129 cm³/mol. The molecule has 0 saturated carbocycles. The Kier molecular flexibility index (Phi) is 6.66. The van der Waals surface area contributed by atoms with E-state index >= 15 is 0 Å². The van der Waals surface area contributed by atoms with Crippen molar-refractivity contribution in [2.24, 2.45) is 5.92 Å². The quantitative estimate of drug-likeness (QED) is 0.662. The van der Waals surface area contributed by atoms with Crippen molar-refractivity contribution in [3.63, 3.8) is 0 Å². The Balaban J connectivity index is 1.73. The zero-order valence-electron chi connectivity index (χ0n) is 20.2. The van der Waals surface area contributed by atoms with Crippen molar-refractivity contribution in [2.75, 3.05) is 32.7 Å². The molecule has 1 fully saturated rings. The van der Waals surface area contributed by atoms with Crippen LogP contribution in [0.3, 0.4) is 0 Å². The number of likely N-dealkylation sites (tertiary alicyclic amines) is 1. The van der Waals surface area contributed by atoms with Crippen LogP contribution in [0, 0.1) is 12.8 Å². The number of rotatable bonds is 7. The molecule has 32 heavy (non-hydrogen) atoms. The molecule has 2 aliphatic rings. The normalized spacial score (nSPS) is 22.9. The average molecular weight is 438 g/mol. The van der Waals surface area contributed by atoms with E-state index in [1.54, 1.807) is 6.07 Å². The van der Waals surface area contributed by atoms with Crippen molar-refractivity contribution in [3.8, 4) is 5.75 Å². The molecule has 1 aliphatic heterocycles. The number of nitrogens with one attached hydrogen (secondary N) is 1. The molecule has 2 aromatic rings. The number of phenols is 1. The van der Waals surface area contributed by atoms with Gasteiger partial charge in [-0.2, -0.15) is 0 Å². The van der Waals surface area contributed by atoms with Gasteiger partial charge in [-0.3, -0.25) is 4.79 Å². The zero-order valence-corrected chi connectivity index (χ0v) is 20.2. The molecule has 0 unspecified atom stereocenters. The zero-order chi connectivity index (χ0) is 22.9. The fraction of sp³-hybridized carbons (Fsp3) is 0.593. The van der Waals surface area contributed by atoms with Gasteiger partial charge >= 0.3 is 0 Å². The number of amides is 1. The van der Waals surface area contributed by atoms with E-state index in [4.69, 9.17) is 0 Å². The summed E-state index contributed by atoms with van der Waals surface area (Å²) in [7, 11) is 0. The fourth-order valence-corrected chi connectivity index (χ4v) is 6.08. The van der Waals surface area contributed by atoms with Crippen LogP contribution in [0.4, 0.5) is 0 Å². The highest BCUT2D eigenvalue weighted by Gasteiger charge is 2.48. The molecule has 0 spiro atoms. The van der Waals surface area contributed by atoms with Crippen LogP contribution in [-0.4, -0.2) is 58.5 Å². The Morgan fingerprint density at radius 3 is 2.75 bits per heavy atom. The van der Waals surface area contributed by atoms with Crippen LogP contribution in [0.25, 0.3) is 0 Å². The van der Waals surface area contributed by atoms with Crippen LogP contribution >= 0.6 is 0 Å². The van der Waals surface area contributed by atoms with E-state index in [0.29, 0.717) is 11.7 Å². The Bertz CT molecular complexity index is 962. The summed E-state index contributed by atoms with van der Waals surface area (Å²) < 4.78 is 0. The molecule has 0 bridgehead atoms. The van der Waals surface area contributed by atoms with Gasteiger partial charge in [0.15, 0.2) is 0 Å². The van der Waals surface area contributed by atoms with E-state index in [1.165, 1.54) is 29.7 Å². The summed E-state index contributed by atoms with van der Waals surface area (Å²) in [6.07, 6.45) is 5.44. The van der Waals surface area contributed by atoms with Gasteiger partial charge < -0.3 is 19.9 Å². The average Bonchev–Trinajstić information content (AvgIpc) is 3.11. The van der Waals surface area contributed by atoms with E-state index in [1.807, 2.05) is 30.9 Å². The second-order valence-electron chi connectivity index (χ2n) is 9.75. The standard InChI is InChI=1S/C27H39N3O2/c1-5-8-13-29-14-12-27(20-10-9-11-22(31)15-20)17-24-23(16-21(27)18-29)19(4)25(28-24)26(32)30(6-2)7-3/h9-11,15,21,28,31H,5-8,12-14,16-18H2,1-4H3/t21-,27+/m1/s1. The Labute approximate surface area is 192 Å². The number of fused-ring (bicyclic) bond motifs is 2. The second-order valence-corrected chi connectivity index (χ2v) is 9.75. The fourth-order valence-electron chi connectivity index (χ4n) is 6.08.